The van der Waals surface area contributed by atoms with E-state index < -0.39 is 23.6 Å². The lowest BCUT2D eigenvalue weighted by Crippen LogP contribution is -2.36. The van der Waals surface area contributed by atoms with Crippen LogP contribution in [0.1, 0.15) is 23.6 Å². The number of rotatable bonds is 9. The summed E-state index contributed by atoms with van der Waals surface area (Å²) in [4.78, 5) is 48.8. The number of anilines is 1. The number of nitrogens with zero attached hydrogens (tertiary/aromatic N) is 1. The predicted octanol–water partition coefficient (Wildman–Crippen LogP) is 3.24. The first kappa shape index (κ1) is 24.8. The van der Waals surface area contributed by atoms with Gasteiger partial charge in [0.25, 0.3) is 17.1 Å². The Balaban J connectivity index is 1.70. The van der Waals surface area contributed by atoms with Crippen molar-refractivity contribution >= 4 is 46.5 Å². The molecule has 0 radical (unpaired) electrons. The Labute approximate surface area is 201 Å². The molecule has 0 saturated carbocycles. The highest BCUT2D eigenvalue weighted by molar-refractivity contribution is 8.18. The first-order valence-electron chi connectivity index (χ1n) is 10.5. The van der Waals surface area contributed by atoms with E-state index in [1.54, 1.807) is 25.1 Å². The van der Waals surface area contributed by atoms with Crippen LogP contribution in [0.5, 0.6) is 11.5 Å². The summed E-state index contributed by atoms with van der Waals surface area (Å²) in [5.74, 6) is -0.944. The van der Waals surface area contributed by atoms with E-state index in [-0.39, 0.29) is 17.4 Å². The number of nitrogens with one attached hydrogen (secondary N) is 1. The number of primary amides is 1. The van der Waals surface area contributed by atoms with Crippen LogP contribution in [0, 0.1) is 13.8 Å². The van der Waals surface area contributed by atoms with Gasteiger partial charge in [-0.15, -0.1) is 0 Å². The zero-order chi connectivity index (χ0) is 24.8. The molecule has 34 heavy (non-hydrogen) atoms. The summed E-state index contributed by atoms with van der Waals surface area (Å²) in [7, 11) is 0. The maximum absolute atomic E-state index is 12.4. The number of amides is 4. The van der Waals surface area contributed by atoms with Gasteiger partial charge in [-0.2, -0.15) is 0 Å². The van der Waals surface area contributed by atoms with E-state index in [1.165, 1.54) is 6.08 Å². The lowest BCUT2D eigenvalue weighted by atomic mass is 10.1. The van der Waals surface area contributed by atoms with Crippen LogP contribution in [-0.2, 0) is 14.4 Å². The van der Waals surface area contributed by atoms with Gasteiger partial charge in [0, 0.05) is 5.69 Å². The van der Waals surface area contributed by atoms with E-state index in [0.717, 1.165) is 27.8 Å². The molecule has 1 fully saturated rings. The zero-order valence-electron chi connectivity index (χ0n) is 19.0. The first-order chi connectivity index (χ1) is 16.2. The van der Waals surface area contributed by atoms with Gasteiger partial charge in [0.2, 0.25) is 5.91 Å². The quantitative estimate of drug-likeness (QED) is 0.524. The minimum atomic E-state index is -0.773. The lowest BCUT2D eigenvalue weighted by molar-refractivity contribution is -0.127. The molecule has 4 amide bonds. The van der Waals surface area contributed by atoms with Gasteiger partial charge in [0.05, 0.1) is 11.5 Å². The molecule has 1 aliphatic heterocycles. The average molecular weight is 484 g/mol. The van der Waals surface area contributed by atoms with E-state index >= 15 is 0 Å². The van der Waals surface area contributed by atoms with Crippen molar-refractivity contribution in [1.29, 1.82) is 0 Å². The van der Waals surface area contributed by atoms with E-state index in [1.807, 2.05) is 32.0 Å². The van der Waals surface area contributed by atoms with Crippen LogP contribution in [0.2, 0.25) is 0 Å². The molecule has 0 atom stereocenters. The first-order valence-corrected chi connectivity index (χ1v) is 11.3. The van der Waals surface area contributed by atoms with Gasteiger partial charge >= 0.3 is 0 Å². The summed E-state index contributed by atoms with van der Waals surface area (Å²) in [6.07, 6.45) is 1.52. The second-order valence-electron chi connectivity index (χ2n) is 7.51. The molecular weight excluding hydrogens is 458 g/mol. The summed E-state index contributed by atoms with van der Waals surface area (Å²) in [5, 5.41) is 2.23. The molecule has 0 bridgehead atoms. The molecule has 0 aliphatic carbocycles. The third-order valence-corrected chi connectivity index (χ3v) is 5.81. The van der Waals surface area contributed by atoms with Gasteiger partial charge in [-0.05, 0) is 79.6 Å². The van der Waals surface area contributed by atoms with Gasteiger partial charge in [0.1, 0.15) is 6.54 Å². The van der Waals surface area contributed by atoms with Crippen LogP contribution in [0.15, 0.2) is 41.3 Å². The Morgan fingerprint density at radius 1 is 1.06 bits per heavy atom. The van der Waals surface area contributed by atoms with Crippen LogP contribution >= 0.6 is 11.8 Å². The number of hydrogen-bond donors (Lipinski definition) is 2. The summed E-state index contributed by atoms with van der Waals surface area (Å²) < 4.78 is 11.3. The van der Waals surface area contributed by atoms with Crippen LogP contribution in [0.3, 0.4) is 0 Å². The molecule has 1 heterocycles. The molecular formula is C24H25N3O6S. The smallest absolute Gasteiger partial charge is 0.294 e. The predicted molar refractivity (Wildman–Crippen MR) is 130 cm³/mol. The van der Waals surface area contributed by atoms with Gasteiger partial charge < -0.3 is 20.5 Å². The molecule has 3 rings (SSSR count). The minimum Gasteiger partial charge on any atom is -0.490 e. The van der Waals surface area contributed by atoms with Crippen molar-refractivity contribution in [3.63, 3.8) is 0 Å². The molecule has 1 saturated heterocycles. The number of hydrogen-bond acceptors (Lipinski definition) is 7. The fourth-order valence-corrected chi connectivity index (χ4v) is 3.94. The van der Waals surface area contributed by atoms with Crippen molar-refractivity contribution in [3.8, 4) is 11.5 Å². The Kier molecular flexibility index (Phi) is 7.95. The van der Waals surface area contributed by atoms with Gasteiger partial charge in [0.15, 0.2) is 18.1 Å². The Bertz CT molecular complexity index is 1180. The molecule has 2 aromatic rings. The average Bonchev–Trinajstić information content (AvgIpc) is 3.03. The van der Waals surface area contributed by atoms with Gasteiger partial charge in [-0.1, -0.05) is 12.1 Å². The summed E-state index contributed by atoms with van der Waals surface area (Å²) in [6.45, 7) is 5.42. The SMILES string of the molecule is CCOc1cc(/C=C2\SC(=O)N(CC(N)=O)C2=O)ccc1OCC(=O)Nc1ccc(C)c(C)c1. The summed E-state index contributed by atoms with van der Waals surface area (Å²) >= 11 is 0.725. The summed E-state index contributed by atoms with van der Waals surface area (Å²) in [5.41, 5.74) is 8.57. The fraction of sp³-hybridized carbons (Fsp3) is 0.250. The van der Waals surface area contributed by atoms with Crippen LogP contribution in [0.4, 0.5) is 10.5 Å². The van der Waals surface area contributed by atoms with E-state index in [9.17, 15) is 19.2 Å². The van der Waals surface area contributed by atoms with Crippen molar-refractivity contribution in [2.75, 3.05) is 25.1 Å². The minimum absolute atomic E-state index is 0.162. The number of aryl methyl sites for hydroxylation is 2. The molecule has 9 nitrogen and oxygen atoms in total. The van der Waals surface area contributed by atoms with Crippen molar-refractivity contribution in [3.05, 3.63) is 58.0 Å². The number of imide groups is 1. The molecule has 0 aromatic heterocycles. The lowest BCUT2D eigenvalue weighted by Gasteiger charge is -2.13. The van der Waals surface area contributed by atoms with Crippen LogP contribution < -0.4 is 20.5 Å². The fourth-order valence-electron chi connectivity index (χ4n) is 3.11. The second-order valence-corrected chi connectivity index (χ2v) is 8.50. The normalized spacial score (nSPS) is 14.4. The molecule has 2 aromatic carbocycles. The number of carbonyl (C=O) groups excluding carboxylic acids is 4. The Morgan fingerprint density at radius 2 is 1.82 bits per heavy atom. The third-order valence-electron chi connectivity index (χ3n) is 4.90. The molecule has 3 N–H and O–H groups in total. The molecule has 1 aliphatic rings. The number of carbonyl (C=O) groups is 4. The van der Waals surface area contributed by atoms with Gasteiger partial charge in [-0.25, -0.2) is 0 Å². The maximum Gasteiger partial charge on any atom is 0.294 e. The maximum atomic E-state index is 12.4. The molecule has 178 valence electrons. The highest BCUT2D eigenvalue weighted by atomic mass is 32.2. The van der Waals surface area contributed by atoms with Crippen molar-refractivity contribution in [1.82, 2.24) is 4.90 Å². The van der Waals surface area contributed by atoms with E-state index in [2.05, 4.69) is 5.32 Å². The van der Waals surface area contributed by atoms with Crippen molar-refractivity contribution in [2.24, 2.45) is 5.73 Å². The number of benzene rings is 2. The highest BCUT2D eigenvalue weighted by Gasteiger charge is 2.35. The van der Waals surface area contributed by atoms with E-state index in [4.69, 9.17) is 15.2 Å². The third kappa shape index (κ3) is 6.16. The topological polar surface area (TPSA) is 128 Å². The standard InChI is InChI=1S/C24H25N3O6S/c1-4-32-19-10-16(11-20-23(30)27(12-21(25)28)24(31)34-20)6-8-18(19)33-13-22(29)26-17-7-5-14(2)15(3)9-17/h5-11H,4,12-13H2,1-3H3,(H2,25,28)(H,26,29)/b20-11-. The second kappa shape index (κ2) is 10.9. The monoisotopic (exact) mass is 483 g/mol. The molecule has 10 heteroatoms. The van der Waals surface area contributed by atoms with Crippen LogP contribution in [-0.4, -0.2) is 47.6 Å². The van der Waals surface area contributed by atoms with Gasteiger partial charge in [-0.3, -0.25) is 24.1 Å². The van der Waals surface area contributed by atoms with E-state index in [0.29, 0.717) is 29.4 Å². The zero-order valence-corrected chi connectivity index (χ0v) is 19.9. The van der Waals surface area contributed by atoms with Crippen LogP contribution in [0.25, 0.3) is 6.08 Å². The number of ether oxygens (including phenoxy) is 2. The number of nitrogens with two attached hydrogens (primary N) is 1. The summed E-state index contributed by atoms with van der Waals surface area (Å²) in [6, 6.07) is 10.6. The molecule has 0 spiro atoms. The van der Waals surface area contributed by atoms with Crippen molar-refractivity contribution in [2.45, 2.75) is 20.8 Å². The van der Waals surface area contributed by atoms with Crippen molar-refractivity contribution < 1.29 is 28.7 Å². The Hall–Kier alpha value is -3.79. The molecule has 0 unspecified atom stereocenters. The largest absolute Gasteiger partial charge is 0.490 e. The number of thioether (sulfide) groups is 1. The Morgan fingerprint density at radius 3 is 2.50 bits per heavy atom. The highest BCUT2D eigenvalue weighted by Crippen LogP contribution is 2.34.